The van der Waals surface area contributed by atoms with Crippen molar-refractivity contribution < 1.29 is 4.79 Å². The van der Waals surface area contributed by atoms with Gasteiger partial charge in [-0.2, -0.15) is 5.26 Å². The van der Waals surface area contributed by atoms with Crippen LogP contribution in [-0.2, 0) is 0 Å². The summed E-state index contributed by atoms with van der Waals surface area (Å²) in [6.07, 6.45) is 4.57. The van der Waals surface area contributed by atoms with Gasteiger partial charge in [0.25, 0.3) is 5.91 Å². The lowest BCUT2D eigenvalue weighted by Crippen LogP contribution is -2.48. The van der Waals surface area contributed by atoms with Crippen molar-refractivity contribution in [3.05, 3.63) is 34.3 Å². The van der Waals surface area contributed by atoms with E-state index in [1.54, 1.807) is 18.2 Å². The van der Waals surface area contributed by atoms with Gasteiger partial charge in [0.2, 0.25) is 0 Å². The normalized spacial score (nSPS) is 17.5. The maximum Gasteiger partial charge on any atom is 0.252 e. The van der Waals surface area contributed by atoms with Crippen molar-refractivity contribution in [2.45, 2.75) is 44.6 Å². The minimum Gasteiger partial charge on any atom is -0.334 e. The fraction of sp³-hybridized carbons (Fsp3) is 0.467. The molecule has 1 aliphatic carbocycles. The smallest absolute Gasteiger partial charge is 0.252 e. The van der Waals surface area contributed by atoms with E-state index in [0.29, 0.717) is 10.6 Å². The summed E-state index contributed by atoms with van der Waals surface area (Å²) in [5.74, 6) is -0.214. The molecule has 0 atom stereocenters. The molecule has 1 fully saturated rings. The van der Waals surface area contributed by atoms with Crippen LogP contribution in [0.5, 0.6) is 0 Å². The molecular formula is C15H17ClN2O. The van der Waals surface area contributed by atoms with Crippen molar-refractivity contribution in [1.82, 2.24) is 5.32 Å². The molecule has 0 radical (unpaired) electrons. The van der Waals surface area contributed by atoms with Gasteiger partial charge in [0.15, 0.2) is 0 Å². The Morgan fingerprint density at radius 1 is 1.32 bits per heavy atom. The molecule has 0 aromatic heterocycles. The Bertz CT molecular complexity index is 507. The molecule has 0 spiro atoms. The molecule has 0 unspecified atom stereocenters. The number of hydrogen-bond acceptors (Lipinski definition) is 2. The van der Waals surface area contributed by atoms with Crippen molar-refractivity contribution in [3.63, 3.8) is 0 Å². The summed E-state index contributed by atoms with van der Waals surface area (Å²) < 4.78 is 0. The van der Waals surface area contributed by atoms with E-state index in [1.165, 1.54) is 0 Å². The van der Waals surface area contributed by atoms with E-state index in [9.17, 15) is 10.1 Å². The average molecular weight is 277 g/mol. The molecule has 3 nitrogen and oxygen atoms in total. The van der Waals surface area contributed by atoms with Gasteiger partial charge in [-0.3, -0.25) is 4.79 Å². The summed E-state index contributed by atoms with van der Waals surface area (Å²) in [4.78, 5) is 12.3. The number of carbonyl (C=O) groups excluding carboxylic acids is 1. The summed E-state index contributed by atoms with van der Waals surface area (Å²) >= 11 is 5.96. The third kappa shape index (κ3) is 3.27. The van der Waals surface area contributed by atoms with Gasteiger partial charge < -0.3 is 5.32 Å². The zero-order valence-electron chi connectivity index (χ0n) is 11.0. The van der Waals surface area contributed by atoms with Crippen molar-refractivity contribution in [1.29, 1.82) is 5.26 Å². The summed E-state index contributed by atoms with van der Waals surface area (Å²) in [5.41, 5.74) is 0.753. The third-order valence-electron chi connectivity index (χ3n) is 3.58. The van der Waals surface area contributed by atoms with Crippen LogP contribution < -0.4 is 5.32 Å². The quantitative estimate of drug-likeness (QED) is 0.897. The molecule has 100 valence electrons. The van der Waals surface area contributed by atoms with Crippen LogP contribution in [0.3, 0.4) is 0 Å². The molecule has 0 bridgehead atoms. The fourth-order valence-corrected chi connectivity index (χ4v) is 2.87. The van der Waals surface area contributed by atoms with Gasteiger partial charge in [-0.25, -0.2) is 0 Å². The summed E-state index contributed by atoms with van der Waals surface area (Å²) in [6.45, 7) is 1.89. The van der Waals surface area contributed by atoms with Gasteiger partial charge in [-0.1, -0.05) is 30.9 Å². The molecule has 1 N–H and O–H groups in total. The van der Waals surface area contributed by atoms with Crippen molar-refractivity contribution in [3.8, 4) is 6.07 Å². The third-order valence-corrected chi connectivity index (χ3v) is 3.80. The van der Waals surface area contributed by atoms with Crippen LogP contribution in [-0.4, -0.2) is 11.4 Å². The van der Waals surface area contributed by atoms with Crippen LogP contribution in [0.25, 0.3) is 0 Å². The van der Waals surface area contributed by atoms with Crippen LogP contribution in [0, 0.1) is 18.3 Å². The van der Waals surface area contributed by atoms with E-state index in [1.807, 2.05) is 6.92 Å². The highest BCUT2D eigenvalue weighted by Crippen LogP contribution is 2.28. The van der Waals surface area contributed by atoms with Gasteiger partial charge in [-0.15, -0.1) is 0 Å². The first-order valence-corrected chi connectivity index (χ1v) is 6.93. The number of benzene rings is 1. The Morgan fingerprint density at radius 3 is 2.58 bits per heavy atom. The highest BCUT2D eigenvalue weighted by atomic mass is 35.5. The van der Waals surface area contributed by atoms with Crippen molar-refractivity contribution >= 4 is 17.5 Å². The minimum atomic E-state index is -0.703. The van der Waals surface area contributed by atoms with Gasteiger partial charge in [-0.05, 0) is 43.5 Å². The Kier molecular flexibility index (Phi) is 4.11. The number of aryl methyl sites for hydroxylation is 1. The molecule has 1 aliphatic rings. The number of rotatable bonds is 2. The highest BCUT2D eigenvalue weighted by molar-refractivity contribution is 6.31. The molecule has 4 heteroatoms. The summed E-state index contributed by atoms with van der Waals surface area (Å²) in [5, 5.41) is 12.8. The molecule has 0 saturated heterocycles. The van der Waals surface area contributed by atoms with Crippen molar-refractivity contribution in [2.24, 2.45) is 0 Å². The lowest BCUT2D eigenvalue weighted by molar-refractivity contribution is 0.0902. The first kappa shape index (κ1) is 13.9. The van der Waals surface area contributed by atoms with Crippen molar-refractivity contribution in [2.75, 3.05) is 0 Å². The van der Waals surface area contributed by atoms with E-state index in [-0.39, 0.29) is 5.91 Å². The molecule has 2 rings (SSSR count). The lowest BCUT2D eigenvalue weighted by atomic mass is 9.82. The van der Waals surface area contributed by atoms with Gasteiger partial charge >= 0.3 is 0 Å². The molecule has 1 amide bonds. The van der Waals surface area contributed by atoms with E-state index in [0.717, 1.165) is 37.7 Å². The molecule has 0 heterocycles. The Morgan fingerprint density at radius 2 is 2.00 bits per heavy atom. The summed E-state index contributed by atoms with van der Waals surface area (Å²) in [6, 6.07) is 7.51. The van der Waals surface area contributed by atoms with Crippen LogP contribution in [0.2, 0.25) is 5.02 Å². The molecule has 1 saturated carbocycles. The van der Waals surface area contributed by atoms with E-state index >= 15 is 0 Å². The van der Waals surface area contributed by atoms with Crippen LogP contribution >= 0.6 is 11.6 Å². The van der Waals surface area contributed by atoms with E-state index in [4.69, 9.17) is 11.6 Å². The minimum absolute atomic E-state index is 0.214. The average Bonchev–Trinajstić information content (AvgIpc) is 2.38. The van der Waals surface area contributed by atoms with E-state index < -0.39 is 5.54 Å². The maximum absolute atomic E-state index is 12.3. The number of nitrogens with zero attached hydrogens (tertiary/aromatic N) is 1. The number of nitrogens with one attached hydrogen (secondary N) is 1. The molecule has 0 aliphatic heterocycles. The van der Waals surface area contributed by atoms with Gasteiger partial charge in [0.05, 0.1) is 6.07 Å². The zero-order chi connectivity index (χ0) is 13.9. The number of amides is 1. The number of halogens is 1. The number of hydrogen-bond donors (Lipinski definition) is 1. The predicted molar refractivity (Wildman–Crippen MR) is 75.1 cm³/mol. The van der Waals surface area contributed by atoms with Gasteiger partial charge in [0, 0.05) is 10.6 Å². The number of carbonyl (C=O) groups is 1. The SMILES string of the molecule is Cc1cc(Cl)cc(C(=O)NC2(C#N)CCCCC2)c1. The fourth-order valence-electron chi connectivity index (χ4n) is 2.58. The first-order chi connectivity index (χ1) is 9.04. The second-order valence-electron chi connectivity index (χ2n) is 5.23. The molecule has 1 aromatic carbocycles. The molecular weight excluding hydrogens is 260 g/mol. The summed E-state index contributed by atoms with van der Waals surface area (Å²) in [7, 11) is 0. The number of nitriles is 1. The first-order valence-electron chi connectivity index (χ1n) is 6.56. The van der Waals surface area contributed by atoms with Gasteiger partial charge in [0.1, 0.15) is 5.54 Å². The Hall–Kier alpha value is -1.53. The maximum atomic E-state index is 12.3. The topological polar surface area (TPSA) is 52.9 Å². The Balaban J connectivity index is 2.18. The van der Waals surface area contributed by atoms with E-state index in [2.05, 4.69) is 11.4 Å². The van der Waals surface area contributed by atoms with Crippen LogP contribution in [0.15, 0.2) is 18.2 Å². The molecule has 1 aromatic rings. The second-order valence-corrected chi connectivity index (χ2v) is 5.66. The van der Waals surface area contributed by atoms with Crippen LogP contribution in [0.1, 0.15) is 48.0 Å². The predicted octanol–water partition coefficient (Wildman–Crippen LogP) is 3.60. The Labute approximate surface area is 118 Å². The second kappa shape index (κ2) is 5.63. The molecule has 19 heavy (non-hydrogen) atoms. The van der Waals surface area contributed by atoms with Crippen LogP contribution in [0.4, 0.5) is 0 Å². The zero-order valence-corrected chi connectivity index (χ0v) is 11.8. The standard InChI is InChI=1S/C15H17ClN2O/c1-11-7-12(9-13(16)8-11)14(19)18-15(10-17)5-3-2-4-6-15/h7-9H,2-6H2,1H3,(H,18,19). The highest BCUT2D eigenvalue weighted by Gasteiger charge is 2.33. The largest absolute Gasteiger partial charge is 0.334 e. The monoisotopic (exact) mass is 276 g/mol. The lowest BCUT2D eigenvalue weighted by Gasteiger charge is -2.31.